The second-order valence-electron chi connectivity index (χ2n) is 4.99. The van der Waals surface area contributed by atoms with Gasteiger partial charge in [-0.25, -0.2) is 0 Å². The molecule has 4 heteroatoms. The summed E-state index contributed by atoms with van der Waals surface area (Å²) in [5.74, 6) is 0.575. The Bertz CT molecular complexity index is 447. The molecule has 2 atom stereocenters. The van der Waals surface area contributed by atoms with E-state index in [0.717, 1.165) is 24.9 Å². The summed E-state index contributed by atoms with van der Waals surface area (Å²) in [5, 5.41) is 3.02. The van der Waals surface area contributed by atoms with Crippen LogP contribution in [0.3, 0.4) is 0 Å². The Morgan fingerprint density at radius 1 is 1.50 bits per heavy atom. The molecule has 1 fully saturated rings. The number of carbonyl (C=O) groups excluding carboxylic acids is 1. The van der Waals surface area contributed by atoms with Crippen molar-refractivity contribution in [2.24, 2.45) is 17.6 Å². The Kier molecular flexibility index (Phi) is 4.61. The summed E-state index contributed by atoms with van der Waals surface area (Å²) in [4.78, 5) is 12.2. The summed E-state index contributed by atoms with van der Waals surface area (Å²) < 4.78 is 1.17. The van der Waals surface area contributed by atoms with Crippen molar-refractivity contribution >= 4 is 34.2 Å². The van der Waals surface area contributed by atoms with Gasteiger partial charge in [0.05, 0.1) is 0 Å². The molecule has 18 heavy (non-hydrogen) atoms. The number of aryl methyl sites for hydroxylation is 1. The minimum atomic E-state index is 0.0916. The van der Waals surface area contributed by atoms with Gasteiger partial charge in [0, 0.05) is 15.2 Å². The van der Waals surface area contributed by atoms with Crippen LogP contribution in [0.25, 0.3) is 0 Å². The molecule has 1 aromatic rings. The number of benzene rings is 1. The Labute approximate surface area is 122 Å². The number of carbonyl (C=O) groups is 1. The van der Waals surface area contributed by atoms with Crippen LogP contribution in [0.1, 0.15) is 24.8 Å². The van der Waals surface area contributed by atoms with E-state index in [-0.39, 0.29) is 11.8 Å². The van der Waals surface area contributed by atoms with Crippen molar-refractivity contribution < 1.29 is 4.79 Å². The average molecular weight is 358 g/mol. The number of halogens is 1. The number of rotatable bonds is 3. The maximum atomic E-state index is 12.2. The fourth-order valence-electron chi connectivity index (χ4n) is 2.57. The summed E-state index contributed by atoms with van der Waals surface area (Å²) in [6.07, 6.45) is 3.17. The lowest BCUT2D eigenvalue weighted by molar-refractivity contribution is -0.120. The predicted molar refractivity (Wildman–Crippen MR) is 82.4 cm³/mol. The van der Waals surface area contributed by atoms with Crippen LogP contribution in [-0.4, -0.2) is 12.5 Å². The third kappa shape index (κ3) is 3.03. The van der Waals surface area contributed by atoms with Gasteiger partial charge in [0.15, 0.2) is 0 Å². The molecule has 1 saturated carbocycles. The lowest BCUT2D eigenvalue weighted by Gasteiger charge is -2.17. The monoisotopic (exact) mass is 358 g/mol. The highest BCUT2D eigenvalue weighted by atomic mass is 127. The topological polar surface area (TPSA) is 55.1 Å². The first-order valence-corrected chi connectivity index (χ1v) is 7.46. The maximum Gasteiger partial charge on any atom is 0.227 e. The van der Waals surface area contributed by atoms with Crippen LogP contribution < -0.4 is 11.1 Å². The standard InChI is InChI=1S/C14H19IN2O/c1-9-5-6-11(7-13(9)15)17-14(18)12-4-2-3-10(12)8-16/h5-7,10,12H,2-4,8,16H2,1H3,(H,17,18)/t10-,12-/m1/s1. The van der Waals surface area contributed by atoms with E-state index in [2.05, 4.69) is 34.8 Å². The molecule has 0 unspecified atom stereocenters. The van der Waals surface area contributed by atoms with Gasteiger partial charge in [0.2, 0.25) is 5.91 Å². The lowest BCUT2D eigenvalue weighted by atomic mass is 9.95. The number of anilines is 1. The van der Waals surface area contributed by atoms with Gasteiger partial charge in [-0.15, -0.1) is 0 Å². The Balaban J connectivity index is 2.04. The predicted octanol–water partition coefficient (Wildman–Crippen LogP) is 2.91. The third-order valence-electron chi connectivity index (χ3n) is 3.74. The van der Waals surface area contributed by atoms with Crippen LogP contribution in [0.5, 0.6) is 0 Å². The highest BCUT2D eigenvalue weighted by molar-refractivity contribution is 14.1. The highest BCUT2D eigenvalue weighted by Crippen LogP contribution is 2.32. The minimum absolute atomic E-state index is 0.0916. The molecular weight excluding hydrogens is 339 g/mol. The normalized spacial score (nSPS) is 23.1. The van der Waals surface area contributed by atoms with Gasteiger partial charge in [-0.05, 0) is 72.5 Å². The molecule has 0 radical (unpaired) electrons. The van der Waals surface area contributed by atoms with Crippen LogP contribution in [0.2, 0.25) is 0 Å². The van der Waals surface area contributed by atoms with Crippen molar-refractivity contribution in [3.63, 3.8) is 0 Å². The van der Waals surface area contributed by atoms with Gasteiger partial charge < -0.3 is 11.1 Å². The summed E-state index contributed by atoms with van der Waals surface area (Å²) in [6.45, 7) is 2.68. The second-order valence-corrected chi connectivity index (χ2v) is 6.15. The van der Waals surface area contributed by atoms with Gasteiger partial charge in [-0.3, -0.25) is 4.79 Å². The number of hydrogen-bond donors (Lipinski definition) is 2. The van der Waals surface area contributed by atoms with E-state index in [1.165, 1.54) is 9.13 Å². The third-order valence-corrected chi connectivity index (χ3v) is 4.90. The molecule has 0 heterocycles. The van der Waals surface area contributed by atoms with Crippen LogP contribution in [-0.2, 0) is 4.79 Å². The molecule has 3 N–H and O–H groups in total. The lowest BCUT2D eigenvalue weighted by Crippen LogP contribution is -2.29. The van der Waals surface area contributed by atoms with E-state index in [0.29, 0.717) is 12.5 Å². The summed E-state index contributed by atoms with van der Waals surface area (Å²) in [5.41, 5.74) is 7.84. The van der Waals surface area contributed by atoms with Crippen LogP contribution >= 0.6 is 22.6 Å². The first-order chi connectivity index (χ1) is 8.61. The summed E-state index contributed by atoms with van der Waals surface area (Å²) in [6, 6.07) is 6.01. The van der Waals surface area contributed by atoms with Crippen molar-refractivity contribution in [1.82, 2.24) is 0 Å². The van der Waals surface area contributed by atoms with Crippen molar-refractivity contribution in [2.45, 2.75) is 26.2 Å². The molecule has 1 aromatic carbocycles. The zero-order valence-electron chi connectivity index (χ0n) is 10.6. The molecule has 1 aliphatic carbocycles. The molecule has 1 amide bonds. The quantitative estimate of drug-likeness (QED) is 0.817. The zero-order chi connectivity index (χ0) is 13.1. The van der Waals surface area contributed by atoms with Crippen molar-refractivity contribution in [3.05, 3.63) is 27.3 Å². The van der Waals surface area contributed by atoms with E-state index in [9.17, 15) is 4.79 Å². The van der Waals surface area contributed by atoms with E-state index in [4.69, 9.17) is 5.73 Å². The molecule has 98 valence electrons. The van der Waals surface area contributed by atoms with E-state index >= 15 is 0 Å². The maximum absolute atomic E-state index is 12.2. The Morgan fingerprint density at radius 3 is 2.94 bits per heavy atom. The largest absolute Gasteiger partial charge is 0.330 e. The fourth-order valence-corrected chi connectivity index (χ4v) is 3.08. The molecule has 0 bridgehead atoms. The van der Waals surface area contributed by atoms with E-state index < -0.39 is 0 Å². The molecule has 0 aromatic heterocycles. The average Bonchev–Trinajstić information content (AvgIpc) is 2.82. The number of nitrogens with two attached hydrogens (primary N) is 1. The molecule has 0 saturated heterocycles. The van der Waals surface area contributed by atoms with Crippen molar-refractivity contribution in [3.8, 4) is 0 Å². The van der Waals surface area contributed by atoms with Crippen LogP contribution in [0.15, 0.2) is 18.2 Å². The zero-order valence-corrected chi connectivity index (χ0v) is 12.7. The number of nitrogens with one attached hydrogen (secondary N) is 1. The minimum Gasteiger partial charge on any atom is -0.330 e. The smallest absolute Gasteiger partial charge is 0.227 e. The molecule has 0 aliphatic heterocycles. The summed E-state index contributed by atoms with van der Waals surface area (Å²) in [7, 11) is 0. The van der Waals surface area contributed by atoms with Crippen LogP contribution in [0.4, 0.5) is 5.69 Å². The Hall–Kier alpha value is -0.620. The molecule has 0 spiro atoms. The fraction of sp³-hybridized carbons (Fsp3) is 0.500. The molecule has 2 rings (SSSR count). The van der Waals surface area contributed by atoms with E-state index in [1.807, 2.05) is 18.2 Å². The molecular formula is C14H19IN2O. The van der Waals surface area contributed by atoms with Gasteiger partial charge >= 0.3 is 0 Å². The van der Waals surface area contributed by atoms with Gasteiger partial charge in [-0.1, -0.05) is 12.5 Å². The number of amides is 1. The second kappa shape index (κ2) is 6.02. The van der Waals surface area contributed by atoms with Gasteiger partial charge in [-0.2, -0.15) is 0 Å². The number of hydrogen-bond acceptors (Lipinski definition) is 2. The van der Waals surface area contributed by atoms with Crippen LogP contribution in [0, 0.1) is 22.3 Å². The first-order valence-electron chi connectivity index (χ1n) is 6.39. The molecule has 3 nitrogen and oxygen atoms in total. The Morgan fingerprint density at radius 2 is 2.28 bits per heavy atom. The highest BCUT2D eigenvalue weighted by Gasteiger charge is 2.31. The molecule has 1 aliphatic rings. The van der Waals surface area contributed by atoms with Crippen molar-refractivity contribution in [1.29, 1.82) is 0 Å². The van der Waals surface area contributed by atoms with Crippen molar-refractivity contribution in [2.75, 3.05) is 11.9 Å². The van der Waals surface area contributed by atoms with Gasteiger partial charge in [0.25, 0.3) is 0 Å². The van der Waals surface area contributed by atoms with Gasteiger partial charge in [0.1, 0.15) is 0 Å². The summed E-state index contributed by atoms with van der Waals surface area (Å²) >= 11 is 2.29. The van der Waals surface area contributed by atoms with E-state index in [1.54, 1.807) is 0 Å². The SMILES string of the molecule is Cc1ccc(NC(=O)[C@@H]2CCC[C@@H]2CN)cc1I. The first kappa shape index (κ1) is 13.8.